The molecule has 0 spiro atoms. The fourth-order valence-electron chi connectivity index (χ4n) is 0. The minimum absolute atomic E-state index is 0. The molecule has 3 radical (unpaired) electrons. The third kappa shape index (κ3) is 39.3. The fourth-order valence-corrected chi connectivity index (χ4v) is 0. The summed E-state index contributed by atoms with van der Waals surface area (Å²) in [7, 11) is 0. The van der Waals surface area contributed by atoms with Gasteiger partial charge in [0.25, 0.3) is 0 Å². The largest absolute Gasteiger partial charge is 0.197 e. The van der Waals surface area contributed by atoms with Crippen LogP contribution in [0.25, 0.3) is 0 Å². The molecule has 0 nitrogen and oxygen atoms in total. The van der Waals surface area contributed by atoms with Gasteiger partial charge in [-0.05, 0) is 0 Å². The predicted octanol–water partition coefficient (Wildman–Crippen LogP) is -0.760. The van der Waals surface area contributed by atoms with E-state index in [4.69, 9.17) is 0 Å². The molecular formula is CH12AlBFePS. The Labute approximate surface area is 73.5 Å². The first kappa shape index (κ1) is 104. The second-order valence-electron chi connectivity index (χ2n) is 0. The Balaban J connectivity index is 0. The third-order valence-electron chi connectivity index (χ3n) is 0. The molecule has 0 aliphatic carbocycles. The van der Waals surface area contributed by atoms with E-state index in [1.807, 2.05) is 0 Å². The summed E-state index contributed by atoms with van der Waals surface area (Å²) in [4.78, 5) is 0. The van der Waals surface area contributed by atoms with Crippen LogP contribution in [0.1, 0.15) is 7.43 Å². The summed E-state index contributed by atoms with van der Waals surface area (Å²) < 4.78 is 0. The summed E-state index contributed by atoms with van der Waals surface area (Å²) in [5.41, 5.74) is 0. The Kier molecular flexibility index (Phi) is 1160. The van der Waals surface area contributed by atoms with E-state index in [-0.39, 0.29) is 73.7 Å². The molecule has 0 aliphatic rings. The Bertz CT molecular complexity index is 15.5. The smallest absolute Gasteiger partial charge is 0.187 e. The van der Waals surface area contributed by atoms with Crippen LogP contribution in [0.15, 0.2) is 0 Å². The van der Waals surface area contributed by atoms with Gasteiger partial charge in [-0.15, -0.1) is 0 Å². The minimum Gasteiger partial charge on any atom is -0.197 e. The Hall–Kier alpha value is 1.90. The van der Waals surface area contributed by atoms with E-state index in [1.54, 1.807) is 0 Å². The second kappa shape index (κ2) is 66.7. The van der Waals surface area contributed by atoms with Crippen LogP contribution in [-0.4, -0.2) is 25.8 Å². The first-order valence-corrected chi connectivity index (χ1v) is 0. The van der Waals surface area contributed by atoms with Crippen LogP contribution in [0.3, 0.4) is 0 Å². The SMILES string of the molecule is C.P.S.[AlH3].[B].[Fe]. The standard InChI is InChI=1S/CH4.Al.B.Fe.H3P.H2S.3H/h1H4;;;;1H3;1H2;;;. The van der Waals surface area contributed by atoms with E-state index >= 15 is 0 Å². The zero-order valence-corrected chi connectivity index (χ0v) is 5.66. The molecular weight excluding hydrogens is 169 g/mol. The molecule has 41 valence electrons. The quantitative estimate of drug-likeness (QED) is 0.340. The fraction of sp³-hybridized carbons (Fsp3) is 1.00. The molecule has 0 rings (SSSR count). The number of hydrogen-bond donors (Lipinski definition) is 0. The van der Waals surface area contributed by atoms with Crippen LogP contribution in [0.5, 0.6) is 0 Å². The molecule has 0 amide bonds. The van der Waals surface area contributed by atoms with Gasteiger partial charge in [0.05, 0.1) is 0 Å². The van der Waals surface area contributed by atoms with Crippen molar-refractivity contribution in [3.8, 4) is 0 Å². The van der Waals surface area contributed by atoms with Crippen LogP contribution >= 0.6 is 23.4 Å². The summed E-state index contributed by atoms with van der Waals surface area (Å²) in [6.45, 7) is 0. The van der Waals surface area contributed by atoms with Gasteiger partial charge in [0.2, 0.25) is 0 Å². The van der Waals surface area contributed by atoms with Crippen molar-refractivity contribution in [2.45, 2.75) is 7.43 Å². The van der Waals surface area contributed by atoms with Gasteiger partial charge in [-0.3, -0.25) is 0 Å². The van der Waals surface area contributed by atoms with E-state index in [1.165, 1.54) is 0 Å². The van der Waals surface area contributed by atoms with Crippen molar-refractivity contribution in [1.29, 1.82) is 0 Å². The van der Waals surface area contributed by atoms with Crippen molar-refractivity contribution >= 4 is 49.2 Å². The monoisotopic (exact) mass is 181 g/mol. The van der Waals surface area contributed by atoms with Gasteiger partial charge in [0.15, 0.2) is 17.4 Å². The van der Waals surface area contributed by atoms with E-state index in [9.17, 15) is 0 Å². The summed E-state index contributed by atoms with van der Waals surface area (Å²) in [5, 5.41) is 0. The summed E-state index contributed by atoms with van der Waals surface area (Å²) in [5.74, 6) is 0. The van der Waals surface area contributed by atoms with Gasteiger partial charge in [0, 0.05) is 25.5 Å². The molecule has 0 heterocycles. The average molecular weight is 181 g/mol. The van der Waals surface area contributed by atoms with Crippen molar-refractivity contribution in [3.05, 3.63) is 0 Å². The second-order valence-corrected chi connectivity index (χ2v) is 0. The van der Waals surface area contributed by atoms with Gasteiger partial charge >= 0.3 is 0 Å². The first-order valence-electron chi connectivity index (χ1n) is 0. The average Bonchev–Trinajstić information content (AvgIpc) is 0. The molecule has 1 atom stereocenters. The zero-order chi connectivity index (χ0) is 0. The molecule has 5 heteroatoms. The van der Waals surface area contributed by atoms with Gasteiger partial charge in [-0.2, -0.15) is 23.4 Å². The van der Waals surface area contributed by atoms with E-state index in [2.05, 4.69) is 0 Å². The number of hydrogen-bond acceptors (Lipinski definition) is 0. The summed E-state index contributed by atoms with van der Waals surface area (Å²) in [6.07, 6.45) is 0. The van der Waals surface area contributed by atoms with Crippen LogP contribution < -0.4 is 0 Å². The van der Waals surface area contributed by atoms with Crippen LogP contribution in [0.4, 0.5) is 0 Å². The molecule has 0 saturated carbocycles. The van der Waals surface area contributed by atoms with Crippen molar-refractivity contribution in [3.63, 3.8) is 0 Å². The normalized spacial score (nSPS) is 0. The van der Waals surface area contributed by atoms with Gasteiger partial charge in [0.1, 0.15) is 0 Å². The number of rotatable bonds is 0. The summed E-state index contributed by atoms with van der Waals surface area (Å²) in [6, 6.07) is 0. The Morgan fingerprint density at radius 3 is 1.00 bits per heavy atom. The van der Waals surface area contributed by atoms with Crippen LogP contribution in [-0.2, 0) is 17.1 Å². The Morgan fingerprint density at radius 1 is 1.00 bits per heavy atom. The molecule has 0 aromatic heterocycles. The van der Waals surface area contributed by atoms with Crippen molar-refractivity contribution < 1.29 is 17.1 Å². The van der Waals surface area contributed by atoms with Gasteiger partial charge < -0.3 is 0 Å². The molecule has 0 aliphatic heterocycles. The first-order chi connectivity index (χ1) is 0. The third-order valence-corrected chi connectivity index (χ3v) is 0. The van der Waals surface area contributed by atoms with Crippen molar-refractivity contribution in [2.75, 3.05) is 0 Å². The maximum absolute atomic E-state index is 0. The van der Waals surface area contributed by atoms with Crippen molar-refractivity contribution in [1.82, 2.24) is 0 Å². The van der Waals surface area contributed by atoms with E-state index < -0.39 is 0 Å². The van der Waals surface area contributed by atoms with Gasteiger partial charge in [-0.25, -0.2) is 0 Å². The molecule has 6 heavy (non-hydrogen) atoms. The molecule has 0 fully saturated rings. The topological polar surface area (TPSA) is 0 Å². The Morgan fingerprint density at radius 2 is 1.00 bits per heavy atom. The molecule has 0 aromatic rings. The molecule has 0 aromatic carbocycles. The van der Waals surface area contributed by atoms with E-state index in [0.29, 0.717) is 0 Å². The molecule has 0 bridgehead atoms. The molecule has 1 unspecified atom stereocenters. The van der Waals surface area contributed by atoms with Crippen molar-refractivity contribution in [2.24, 2.45) is 0 Å². The zero-order valence-electron chi connectivity index (χ0n) is 2.14. The minimum atomic E-state index is 0. The van der Waals surface area contributed by atoms with Crippen LogP contribution in [0, 0.1) is 0 Å². The molecule has 0 N–H and O–H groups in total. The van der Waals surface area contributed by atoms with Gasteiger partial charge in [-0.1, -0.05) is 7.43 Å². The summed E-state index contributed by atoms with van der Waals surface area (Å²) >= 11 is 0. The maximum atomic E-state index is 0. The molecule has 0 saturated heterocycles. The maximum Gasteiger partial charge on any atom is 0.187 e. The van der Waals surface area contributed by atoms with E-state index in [0.717, 1.165) is 0 Å². The predicted molar refractivity (Wildman–Crippen MR) is 43.9 cm³/mol. The van der Waals surface area contributed by atoms with Crippen LogP contribution in [0.2, 0.25) is 0 Å².